The molecule has 3 aromatic rings. The van der Waals surface area contributed by atoms with Crippen molar-refractivity contribution in [2.75, 3.05) is 6.61 Å². The van der Waals surface area contributed by atoms with Gasteiger partial charge in [-0.2, -0.15) is 9.78 Å². The Hall–Kier alpha value is -2.75. The molecule has 1 atom stereocenters. The van der Waals surface area contributed by atoms with Gasteiger partial charge in [0.15, 0.2) is 6.10 Å². The van der Waals surface area contributed by atoms with Crippen LogP contribution in [0.4, 0.5) is 0 Å². The Morgan fingerprint density at radius 1 is 1.24 bits per heavy atom. The summed E-state index contributed by atoms with van der Waals surface area (Å²) in [7, 11) is 0. The molecule has 0 N–H and O–H groups in total. The van der Waals surface area contributed by atoms with Gasteiger partial charge in [0.1, 0.15) is 11.6 Å². The minimum atomic E-state index is -0.701. The number of para-hydroxylation sites is 1. The molecule has 1 fully saturated rings. The predicted octanol–water partition coefficient (Wildman–Crippen LogP) is 5.26. The molecule has 0 radical (unpaired) electrons. The van der Waals surface area contributed by atoms with Crippen LogP contribution in [0.3, 0.4) is 0 Å². The van der Waals surface area contributed by atoms with Gasteiger partial charge in [0, 0.05) is 5.92 Å². The summed E-state index contributed by atoms with van der Waals surface area (Å²) in [6.45, 7) is 3.73. The maximum absolute atomic E-state index is 13.3. The molecule has 4 rings (SSSR count). The van der Waals surface area contributed by atoms with Crippen molar-refractivity contribution in [1.29, 1.82) is 0 Å². The third-order valence-corrected chi connectivity index (χ3v) is 6.79. The van der Waals surface area contributed by atoms with E-state index in [2.05, 4.69) is 27.7 Å². The van der Waals surface area contributed by atoms with E-state index >= 15 is 0 Å². The summed E-state index contributed by atoms with van der Waals surface area (Å²) in [5.41, 5.74) is 1.38. The first-order valence-electron chi connectivity index (χ1n) is 11.7. The number of rotatable bonds is 7. The Morgan fingerprint density at radius 2 is 2.00 bits per heavy atom. The van der Waals surface area contributed by atoms with Crippen LogP contribution in [0.2, 0.25) is 0 Å². The zero-order chi connectivity index (χ0) is 24.1. The van der Waals surface area contributed by atoms with Crippen LogP contribution in [0.25, 0.3) is 10.9 Å². The van der Waals surface area contributed by atoms with Gasteiger partial charge in [-0.25, -0.2) is 9.78 Å². The van der Waals surface area contributed by atoms with E-state index in [1.54, 1.807) is 32.2 Å². The van der Waals surface area contributed by atoms with Gasteiger partial charge in [0.2, 0.25) is 0 Å². The van der Waals surface area contributed by atoms with Crippen molar-refractivity contribution in [3.05, 3.63) is 67.8 Å². The first-order chi connectivity index (χ1) is 16.5. The molecule has 2 aromatic carbocycles. The molecule has 178 valence electrons. The Kier molecular flexibility index (Phi) is 7.97. The number of ether oxygens (including phenoxy) is 2. The van der Waals surface area contributed by atoms with Crippen molar-refractivity contribution in [3.63, 3.8) is 0 Å². The molecule has 8 heteroatoms. The third-order valence-electron chi connectivity index (χ3n) is 5.95. The topological polar surface area (TPSA) is 82.8 Å². The van der Waals surface area contributed by atoms with E-state index in [0.717, 1.165) is 40.6 Å². The quantitative estimate of drug-likeness (QED) is 0.219. The highest BCUT2D eigenvalue weighted by atomic mass is 127. The van der Waals surface area contributed by atoms with E-state index in [1.165, 1.54) is 11.1 Å². The molecule has 1 aromatic heterocycles. The molecule has 0 spiro atoms. The van der Waals surface area contributed by atoms with E-state index in [0.29, 0.717) is 23.3 Å². The van der Waals surface area contributed by atoms with Crippen LogP contribution < -0.4 is 10.3 Å². The number of hydrogen-bond donors (Lipinski definition) is 0. The maximum Gasteiger partial charge on any atom is 0.347 e. The lowest BCUT2D eigenvalue weighted by Crippen LogP contribution is -2.26. The van der Waals surface area contributed by atoms with Gasteiger partial charge >= 0.3 is 5.97 Å². The smallest absolute Gasteiger partial charge is 0.347 e. The molecule has 1 heterocycles. The number of halogens is 1. The summed E-state index contributed by atoms with van der Waals surface area (Å²) in [5.74, 6) is 1.15. The number of benzene rings is 2. The molecule has 34 heavy (non-hydrogen) atoms. The molecule has 0 saturated heterocycles. The number of hydrogen-bond acceptors (Lipinski definition) is 6. The fourth-order valence-corrected chi connectivity index (χ4v) is 4.86. The minimum Gasteiger partial charge on any atom is -0.478 e. The maximum atomic E-state index is 13.3. The molecular formula is C26H28IN3O4. The van der Waals surface area contributed by atoms with Crippen molar-refractivity contribution in [1.82, 2.24) is 9.66 Å². The second-order valence-corrected chi connectivity index (χ2v) is 9.55. The van der Waals surface area contributed by atoms with Crippen molar-refractivity contribution in [2.24, 2.45) is 5.10 Å². The summed E-state index contributed by atoms with van der Waals surface area (Å²) in [6, 6.07) is 13.0. The van der Waals surface area contributed by atoms with Crippen LogP contribution >= 0.6 is 22.6 Å². The van der Waals surface area contributed by atoms with Crippen molar-refractivity contribution >= 4 is 45.7 Å². The Bertz CT molecular complexity index is 1260. The van der Waals surface area contributed by atoms with E-state index in [4.69, 9.17) is 14.5 Å². The summed E-state index contributed by atoms with van der Waals surface area (Å²) in [4.78, 5) is 30.0. The molecular weight excluding hydrogens is 545 g/mol. The monoisotopic (exact) mass is 573 g/mol. The Labute approximate surface area is 212 Å². The SMILES string of the molecule is CCOC(=O)[C@H](C)Oc1ccc(C=Nn2c(C3CCCCC3)nc3ccccc3c2=O)cc1I. The van der Waals surface area contributed by atoms with Gasteiger partial charge in [-0.15, -0.1) is 0 Å². The van der Waals surface area contributed by atoms with Gasteiger partial charge in [0.05, 0.1) is 27.3 Å². The molecule has 1 aliphatic carbocycles. The fourth-order valence-electron chi connectivity index (χ4n) is 4.19. The van der Waals surface area contributed by atoms with Gasteiger partial charge in [0.25, 0.3) is 5.56 Å². The van der Waals surface area contributed by atoms with Crippen molar-refractivity contribution < 1.29 is 14.3 Å². The molecule has 0 aliphatic heterocycles. The second kappa shape index (κ2) is 11.1. The van der Waals surface area contributed by atoms with Crippen LogP contribution in [0.5, 0.6) is 5.75 Å². The van der Waals surface area contributed by atoms with Crippen LogP contribution in [0.1, 0.15) is 63.3 Å². The van der Waals surface area contributed by atoms with Crippen molar-refractivity contribution in [3.8, 4) is 5.75 Å². The first-order valence-corrected chi connectivity index (χ1v) is 12.7. The second-order valence-electron chi connectivity index (χ2n) is 8.39. The zero-order valence-corrected chi connectivity index (χ0v) is 21.5. The van der Waals surface area contributed by atoms with Crippen LogP contribution in [-0.2, 0) is 9.53 Å². The number of aromatic nitrogens is 2. The normalized spacial score (nSPS) is 15.5. The Balaban J connectivity index is 1.64. The highest BCUT2D eigenvalue weighted by Crippen LogP contribution is 2.31. The van der Waals surface area contributed by atoms with Crippen LogP contribution in [0, 0.1) is 3.57 Å². The summed E-state index contributed by atoms with van der Waals surface area (Å²) >= 11 is 2.16. The lowest BCUT2D eigenvalue weighted by molar-refractivity contribution is -0.150. The van der Waals surface area contributed by atoms with E-state index < -0.39 is 12.1 Å². The average molecular weight is 573 g/mol. The van der Waals surface area contributed by atoms with E-state index in [1.807, 2.05) is 30.3 Å². The van der Waals surface area contributed by atoms with Gasteiger partial charge in [-0.05, 0) is 85.2 Å². The molecule has 1 saturated carbocycles. The average Bonchev–Trinajstić information content (AvgIpc) is 2.85. The molecule has 0 unspecified atom stereocenters. The van der Waals surface area contributed by atoms with Gasteiger partial charge in [-0.1, -0.05) is 31.4 Å². The van der Waals surface area contributed by atoms with Gasteiger partial charge < -0.3 is 9.47 Å². The minimum absolute atomic E-state index is 0.152. The van der Waals surface area contributed by atoms with E-state index in [9.17, 15) is 9.59 Å². The molecule has 0 amide bonds. The van der Waals surface area contributed by atoms with Crippen molar-refractivity contribution in [2.45, 2.75) is 58.0 Å². The fraction of sp³-hybridized carbons (Fsp3) is 0.385. The summed E-state index contributed by atoms with van der Waals surface area (Å²) in [5, 5.41) is 5.14. The number of fused-ring (bicyclic) bond motifs is 1. The molecule has 0 bridgehead atoms. The summed E-state index contributed by atoms with van der Waals surface area (Å²) < 4.78 is 13.1. The lowest BCUT2D eigenvalue weighted by atomic mass is 9.88. The number of esters is 1. The highest BCUT2D eigenvalue weighted by Gasteiger charge is 2.22. The van der Waals surface area contributed by atoms with Crippen LogP contribution in [0.15, 0.2) is 52.4 Å². The molecule has 1 aliphatic rings. The first kappa shape index (κ1) is 24.4. The van der Waals surface area contributed by atoms with Gasteiger partial charge in [-0.3, -0.25) is 4.79 Å². The third kappa shape index (κ3) is 5.48. The zero-order valence-electron chi connectivity index (χ0n) is 19.4. The number of carbonyl (C=O) groups is 1. The predicted molar refractivity (Wildman–Crippen MR) is 141 cm³/mol. The standard InChI is InChI=1S/C26H28IN3O4/c1-3-33-26(32)17(2)34-23-14-13-18(15-21(23)27)16-28-30-24(19-9-5-4-6-10-19)29-22-12-8-7-11-20(22)25(30)31/h7-8,11-17,19H,3-6,9-10H2,1-2H3/t17-/m0/s1. The largest absolute Gasteiger partial charge is 0.478 e. The van der Waals surface area contributed by atoms with Crippen LogP contribution in [-0.4, -0.2) is 34.6 Å². The number of nitrogens with zero attached hydrogens (tertiary/aromatic N) is 3. The van der Waals surface area contributed by atoms with E-state index in [-0.39, 0.29) is 11.5 Å². The summed E-state index contributed by atoms with van der Waals surface area (Å²) in [6.07, 6.45) is 6.51. The Morgan fingerprint density at radius 3 is 2.74 bits per heavy atom. The number of carbonyl (C=O) groups excluding carboxylic acids is 1. The lowest BCUT2D eigenvalue weighted by Gasteiger charge is -2.22. The molecule has 7 nitrogen and oxygen atoms in total. The highest BCUT2D eigenvalue weighted by molar-refractivity contribution is 14.1.